The number of hydrogen-bond donors (Lipinski definition) is 2. The van der Waals surface area contributed by atoms with Crippen molar-refractivity contribution in [3.05, 3.63) is 0 Å². The van der Waals surface area contributed by atoms with Crippen LogP contribution < -0.4 is 5.32 Å². The highest BCUT2D eigenvalue weighted by Crippen LogP contribution is 2.14. The fraction of sp³-hybridized carbons (Fsp3) is 0.833. The Bertz CT molecular complexity index is 155. The van der Waals surface area contributed by atoms with Gasteiger partial charge in [0.2, 0.25) is 0 Å². The van der Waals surface area contributed by atoms with Gasteiger partial charge in [-0.05, 0) is 13.8 Å². The molecule has 0 aliphatic carbocycles. The van der Waals surface area contributed by atoms with Crippen LogP contribution in [0, 0.1) is 0 Å². The van der Waals surface area contributed by atoms with Gasteiger partial charge in [0.25, 0.3) is 0 Å². The van der Waals surface area contributed by atoms with Gasteiger partial charge in [0, 0.05) is 0 Å². The number of esters is 1. The molecule has 1 rings (SSSR count). The van der Waals surface area contributed by atoms with Gasteiger partial charge in [0.1, 0.15) is 6.04 Å². The van der Waals surface area contributed by atoms with E-state index in [2.05, 4.69) is 5.32 Å². The fourth-order valence-electron chi connectivity index (χ4n) is 0.951. The molecule has 0 saturated carbocycles. The molecule has 0 spiro atoms. The number of cyclic esters (lactones) is 1. The van der Waals surface area contributed by atoms with E-state index in [0.717, 1.165) is 0 Å². The Morgan fingerprint density at radius 3 is 2.60 bits per heavy atom. The highest BCUT2D eigenvalue weighted by molar-refractivity contribution is 5.78. The van der Waals surface area contributed by atoms with Crippen LogP contribution in [0.25, 0.3) is 0 Å². The number of aliphatic hydroxyl groups is 1. The third-order valence-electron chi connectivity index (χ3n) is 1.34. The average Bonchev–Trinajstić information content (AvgIpc) is 2.05. The quantitative estimate of drug-likeness (QED) is 0.476. The summed E-state index contributed by atoms with van der Waals surface area (Å²) >= 11 is 0. The summed E-state index contributed by atoms with van der Waals surface area (Å²) in [5.74, 6) is -0.382. The second kappa shape index (κ2) is 2.21. The third-order valence-corrected chi connectivity index (χ3v) is 1.34. The zero-order chi connectivity index (χ0) is 7.78. The third kappa shape index (κ3) is 1.27. The van der Waals surface area contributed by atoms with Crippen LogP contribution in [0.1, 0.15) is 13.8 Å². The van der Waals surface area contributed by atoms with Gasteiger partial charge >= 0.3 is 5.97 Å². The van der Waals surface area contributed by atoms with Crippen LogP contribution >= 0.6 is 0 Å². The summed E-state index contributed by atoms with van der Waals surface area (Å²) in [7, 11) is 0. The fourth-order valence-corrected chi connectivity index (χ4v) is 0.951. The summed E-state index contributed by atoms with van der Waals surface area (Å²) in [6.07, 6.45) is 0. The van der Waals surface area contributed by atoms with E-state index in [1.54, 1.807) is 13.8 Å². The number of rotatable bonds is 1. The Hall–Kier alpha value is -0.610. The first-order valence-electron chi connectivity index (χ1n) is 3.16. The first-order valence-corrected chi connectivity index (χ1v) is 3.16. The van der Waals surface area contributed by atoms with Gasteiger partial charge in [0.15, 0.2) is 5.72 Å². The lowest BCUT2D eigenvalue weighted by Crippen LogP contribution is -2.40. The smallest absolute Gasteiger partial charge is 0.327 e. The number of carbonyl (C=O) groups is 1. The van der Waals surface area contributed by atoms with Crippen LogP contribution in [0.2, 0.25) is 0 Å². The summed E-state index contributed by atoms with van der Waals surface area (Å²) in [6, 6.07) is -0.546. The van der Waals surface area contributed by atoms with E-state index in [1.165, 1.54) is 0 Å². The minimum atomic E-state index is -0.621. The number of hydrogen-bond acceptors (Lipinski definition) is 4. The first kappa shape index (κ1) is 7.50. The summed E-state index contributed by atoms with van der Waals surface area (Å²) in [5.41, 5.74) is -0.621. The highest BCUT2D eigenvalue weighted by Gasteiger charge is 2.38. The Labute approximate surface area is 59.2 Å². The van der Waals surface area contributed by atoms with Crippen LogP contribution in [-0.4, -0.2) is 29.4 Å². The molecule has 0 amide bonds. The normalized spacial score (nSPS) is 30.3. The molecular weight excluding hydrogens is 134 g/mol. The van der Waals surface area contributed by atoms with Crippen molar-refractivity contribution in [1.82, 2.24) is 5.32 Å². The molecular formula is C6H11NO3. The molecule has 1 heterocycles. The number of carbonyl (C=O) groups excluding carboxylic acids is 1. The summed E-state index contributed by atoms with van der Waals surface area (Å²) < 4.78 is 4.84. The molecule has 0 unspecified atom stereocenters. The van der Waals surface area contributed by atoms with Gasteiger partial charge < -0.3 is 9.84 Å². The molecule has 10 heavy (non-hydrogen) atoms. The second-order valence-electron chi connectivity index (χ2n) is 2.81. The van der Waals surface area contributed by atoms with Crippen molar-refractivity contribution in [2.24, 2.45) is 0 Å². The van der Waals surface area contributed by atoms with E-state index in [1.807, 2.05) is 0 Å². The molecule has 1 aliphatic heterocycles. The van der Waals surface area contributed by atoms with Gasteiger partial charge in [-0.1, -0.05) is 0 Å². The van der Waals surface area contributed by atoms with E-state index in [4.69, 9.17) is 9.84 Å². The topological polar surface area (TPSA) is 58.6 Å². The van der Waals surface area contributed by atoms with Crippen molar-refractivity contribution in [3.8, 4) is 0 Å². The lowest BCUT2D eigenvalue weighted by atomic mass is 10.3. The maximum absolute atomic E-state index is 10.8. The van der Waals surface area contributed by atoms with Crippen LogP contribution in [0.4, 0.5) is 0 Å². The molecule has 0 aromatic rings. The van der Waals surface area contributed by atoms with E-state index in [-0.39, 0.29) is 12.6 Å². The van der Waals surface area contributed by atoms with Gasteiger partial charge in [-0.15, -0.1) is 0 Å². The van der Waals surface area contributed by atoms with Crippen molar-refractivity contribution in [2.45, 2.75) is 25.6 Å². The predicted molar refractivity (Wildman–Crippen MR) is 34.2 cm³/mol. The minimum Gasteiger partial charge on any atom is -0.443 e. The molecule has 1 atom stereocenters. The Balaban J connectivity index is 2.61. The number of aliphatic hydroxyl groups excluding tert-OH is 1. The molecule has 0 bridgehead atoms. The molecule has 0 radical (unpaired) electrons. The van der Waals surface area contributed by atoms with Crippen molar-refractivity contribution >= 4 is 5.97 Å². The van der Waals surface area contributed by atoms with E-state index >= 15 is 0 Å². The number of nitrogens with one attached hydrogen (secondary N) is 1. The van der Waals surface area contributed by atoms with Crippen LogP contribution in [-0.2, 0) is 9.53 Å². The van der Waals surface area contributed by atoms with E-state index < -0.39 is 11.8 Å². The average molecular weight is 145 g/mol. The molecule has 1 fully saturated rings. The van der Waals surface area contributed by atoms with Crippen LogP contribution in [0.5, 0.6) is 0 Å². The Morgan fingerprint density at radius 2 is 2.40 bits per heavy atom. The lowest BCUT2D eigenvalue weighted by Gasteiger charge is -2.15. The van der Waals surface area contributed by atoms with Gasteiger partial charge in [-0.25, -0.2) is 0 Å². The van der Waals surface area contributed by atoms with Gasteiger partial charge in [0.05, 0.1) is 6.61 Å². The van der Waals surface area contributed by atoms with Crippen molar-refractivity contribution in [1.29, 1.82) is 0 Å². The highest BCUT2D eigenvalue weighted by atomic mass is 16.6. The summed E-state index contributed by atoms with van der Waals surface area (Å²) in [6.45, 7) is 3.27. The molecule has 58 valence electrons. The first-order chi connectivity index (χ1) is 4.55. The zero-order valence-corrected chi connectivity index (χ0v) is 6.05. The molecule has 4 nitrogen and oxygen atoms in total. The summed E-state index contributed by atoms with van der Waals surface area (Å²) in [5, 5.41) is 11.4. The molecule has 4 heteroatoms. The lowest BCUT2D eigenvalue weighted by molar-refractivity contribution is -0.147. The molecule has 0 aromatic carbocycles. The van der Waals surface area contributed by atoms with E-state index in [9.17, 15) is 4.79 Å². The maximum Gasteiger partial charge on any atom is 0.327 e. The standard InChI is InChI=1S/C6H11NO3/c1-6(2)7-4(3-8)5(9)10-6/h4,7-8H,3H2,1-2H3/t4-/m0/s1. The van der Waals surface area contributed by atoms with E-state index in [0.29, 0.717) is 0 Å². The molecule has 1 saturated heterocycles. The molecule has 0 aromatic heterocycles. The largest absolute Gasteiger partial charge is 0.443 e. The Morgan fingerprint density at radius 1 is 1.80 bits per heavy atom. The monoisotopic (exact) mass is 145 g/mol. The van der Waals surface area contributed by atoms with Crippen LogP contribution in [0.3, 0.4) is 0 Å². The maximum atomic E-state index is 10.8. The van der Waals surface area contributed by atoms with Gasteiger partial charge in [-0.2, -0.15) is 0 Å². The predicted octanol–water partition coefficient (Wildman–Crippen LogP) is -0.770. The van der Waals surface area contributed by atoms with Gasteiger partial charge in [-0.3, -0.25) is 10.1 Å². The molecule has 1 aliphatic rings. The van der Waals surface area contributed by atoms with Crippen molar-refractivity contribution in [3.63, 3.8) is 0 Å². The minimum absolute atomic E-state index is 0.206. The molecule has 2 N–H and O–H groups in total. The SMILES string of the molecule is CC1(C)N[C@@H](CO)C(=O)O1. The summed E-state index contributed by atoms with van der Waals surface area (Å²) in [4.78, 5) is 10.8. The van der Waals surface area contributed by atoms with Crippen molar-refractivity contribution in [2.75, 3.05) is 6.61 Å². The van der Waals surface area contributed by atoms with Crippen LogP contribution in [0.15, 0.2) is 0 Å². The second-order valence-corrected chi connectivity index (χ2v) is 2.81. The van der Waals surface area contributed by atoms with Crippen molar-refractivity contribution < 1.29 is 14.6 Å². The number of ether oxygens (including phenoxy) is 1. The zero-order valence-electron chi connectivity index (χ0n) is 6.05. The Kier molecular flexibility index (Phi) is 1.66.